The molecule has 2 aromatic rings. The third-order valence-corrected chi connectivity index (χ3v) is 6.28. The highest BCUT2D eigenvalue weighted by Gasteiger charge is 2.54. The van der Waals surface area contributed by atoms with Gasteiger partial charge in [0, 0.05) is 6.54 Å². The first-order chi connectivity index (χ1) is 13.6. The van der Waals surface area contributed by atoms with Crippen molar-refractivity contribution in [2.24, 2.45) is 0 Å². The Kier molecular flexibility index (Phi) is 5.21. The Morgan fingerprint density at radius 3 is 2.50 bits per heavy atom. The topological polar surface area (TPSA) is 52.6 Å². The van der Waals surface area contributed by atoms with Gasteiger partial charge in [0.05, 0.1) is 23.2 Å². The molecule has 28 heavy (non-hydrogen) atoms. The van der Waals surface area contributed by atoms with E-state index in [1.54, 1.807) is 18.0 Å². The Morgan fingerprint density at radius 1 is 1.11 bits per heavy atom. The Labute approximate surface area is 165 Å². The molecule has 1 spiro atoms. The van der Waals surface area contributed by atoms with Gasteiger partial charge in [-0.15, -0.1) is 0 Å². The van der Waals surface area contributed by atoms with Crippen LogP contribution in [0.15, 0.2) is 48.5 Å². The van der Waals surface area contributed by atoms with E-state index < -0.39 is 23.4 Å². The van der Waals surface area contributed by atoms with Crippen LogP contribution in [0, 0.1) is 5.82 Å². The van der Waals surface area contributed by atoms with E-state index in [0.717, 1.165) is 43.2 Å². The number of amides is 1. The predicted molar refractivity (Wildman–Crippen MR) is 108 cm³/mol. The highest BCUT2D eigenvalue weighted by Crippen LogP contribution is 2.53. The van der Waals surface area contributed by atoms with Gasteiger partial charge in [-0.25, -0.2) is 4.39 Å². The monoisotopic (exact) mass is 382 g/mol. The molecule has 0 bridgehead atoms. The Balaban J connectivity index is 1.88. The average molecular weight is 382 g/mol. The standard InChI is InChI=1S/C23H27FN2O2/c1-25-15-19(27)20(16-9-4-2-5-10-16)26-21-17(11-8-12-18(21)24)23(22(26)28)13-6-3-7-14-23/h2,4-5,8-12,19-20,25,27H,3,6-7,13-15H2,1H3/t19-,20+/m1/s1. The van der Waals surface area contributed by atoms with E-state index in [4.69, 9.17) is 0 Å². The maximum atomic E-state index is 15.1. The molecule has 2 aliphatic rings. The zero-order valence-electron chi connectivity index (χ0n) is 16.2. The molecule has 1 fully saturated rings. The van der Waals surface area contributed by atoms with E-state index in [0.29, 0.717) is 12.2 Å². The quantitative estimate of drug-likeness (QED) is 0.829. The van der Waals surface area contributed by atoms with Crippen LogP contribution >= 0.6 is 0 Å². The average Bonchev–Trinajstić information content (AvgIpc) is 2.94. The molecule has 4 nitrogen and oxygen atoms in total. The van der Waals surface area contributed by atoms with Crippen molar-refractivity contribution in [1.82, 2.24) is 5.32 Å². The van der Waals surface area contributed by atoms with E-state index in [1.807, 2.05) is 36.4 Å². The molecule has 0 radical (unpaired) electrons. The normalized spacial score (nSPS) is 20.2. The number of carbonyl (C=O) groups is 1. The van der Waals surface area contributed by atoms with Gasteiger partial charge in [0.15, 0.2) is 0 Å². The minimum atomic E-state index is -0.859. The summed E-state index contributed by atoms with van der Waals surface area (Å²) in [6.45, 7) is 0.306. The lowest BCUT2D eigenvalue weighted by Crippen LogP contribution is -2.48. The zero-order chi connectivity index (χ0) is 19.7. The van der Waals surface area contributed by atoms with E-state index in [1.165, 1.54) is 6.07 Å². The fourth-order valence-electron chi connectivity index (χ4n) is 5.01. The number of likely N-dealkylation sites (N-methyl/N-ethyl adjacent to an activating group) is 1. The molecule has 5 heteroatoms. The predicted octanol–water partition coefficient (Wildman–Crippen LogP) is 3.70. The smallest absolute Gasteiger partial charge is 0.238 e. The molecule has 1 aliphatic carbocycles. The number of nitrogens with zero attached hydrogens (tertiary/aromatic N) is 1. The lowest BCUT2D eigenvalue weighted by atomic mass is 9.70. The second-order valence-electron chi connectivity index (χ2n) is 7.93. The molecule has 2 aromatic carbocycles. The zero-order valence-corrected chi connectivity index (χ0v) is 16.2. The van der Waals surface area contributed by atoms with Crippen molar-refractivity contribution in [1.29, 1.82) is 0 Å². The lowest BCUT2D eigenvalue weighted by molar-refractivity contribution is -0.125. The number of fused-ring (bicyclic) bond motifs is 2. The summed E-state index contributed by atoms with van der Waals surface area (Å²) in [7, 11) is 1.76. The van der Waals surface area contributed by atoms with Gasteiger partial charge in [0.1, 0.15) is 5.82 Å². The van der Waals surface area contributed by atoms with Gasteiger partial charge in [-0.2, -0.15) is 0 Å². The van der Waals surface area contributed by atoms with E-state index in [-0.39, 0.29) is 5.91 Å². The minimum Gasteiger partial charge on any atom is -0.389 e. The van der Waals surface area contributed by atoms with Gasteiger partial charge in [-0.3, -0.25) is 9.69 Å². The van der Waals surface area contributed by atoms with Crippen LogP contribution in [0.1, 0.15) is 49.3 Å². The van der Waals surface area contributed by atoms with Gasteiger partial charge < -0.3 is 10.4 Å². The van der Waals surface area contributed by atoms with Crippen LogP contribution < -0.4 is 10.2 Å². The van der Waals surface area contributed by atoms with Gasteiger partial charge >= 0.3 is 0 Å². The summed E-state index contributed by atoms with van der Waals surface area (Å²) in [6, 6.07) is 13.8. The molecular formula is C23H27FN2O2. The lowest BCUT2D eigenvalue weighted by Gasteiger charge is -2.36. The first kappa shape index (κ1) is 19.1. The third-order valence-electron chi connectivity index (χ3n) is 6.28. The van der Waals surface area contributed by atoms with Crippen molar-refractivity contribution in [2.75, 3.05) is 18.5 Å². The number of aliphatic hydroxyl groups is 1. The first-order valence-corrected chi connectivity index (χ1v) is 10.1. The third kappa shape index (κ3) is 2.93. The number of hydrogen-bond donors (Lipinski definition) is 2. The first-order valence-electron chi connectivity index (χ1n) is 10.1. The molecular weight excluding hydrogens is 355 g/mol. The Hall–Kier alpha value is -2.24. The fraction of sp³-hybridized carbons (Fsp3) is 0.435. The summed E-state index contributed by atoms with van der Waals surface area (Å²) in [4.78, 5) is 15.4. The van der Waals surface area contributed by atoms with Gasteiger partial charge in [0.25, 0.3) is 0 Å². The van der Waals surface area contributed by atoms with Crippen LogP contribution in [0.3, 0.4) is 0 Å². The largest absolute Gasteiger partial charge is 0.389 e. The van der Waals surface area contributed by atoms with Crippen molar-refractivity contribution >= 4 is 11.6 Å². The summed E-state index contributed by atoms with van der Waals surface area (Å²) in [5, 5.41) is 13.9. The molecule has 2 atom stereocenters. The van der Waals surface area contributed by atoms with Gasteiger partial charge in [-0.05, 0) is 37.1 Å². The van der Waals surface area contributed by atoms with Crippen molar-refractivity contribution in [3.05, 3.63) is 65.5 Å². The molecule has 1 aliphatic heterocycles. The SMILES string of the molecule is CNC[C@@H](O)[C@H](c1ccccc1)N1C(=O)C2(CCCCC2)c2cccc(F)c21. The number of para-hydroxylation sites is 1. The Morgan fingerprint density at radius 2 is 1.82 bits per heavy atom. The molecule has 0 aromatic heterocycles. The van der Waals surface area contributed by atoms with Gasteiger partial charge in [0.2, 0.25) is 5.91 Å². The summed E-state index contributed by atoms with van der Waals surface area (Å²) in [5.74, 6) is -0.470. The molecule has 148 valence electrons. The molecule has 4 rings (SSSR count). The van der Waals surface area contributed by atoms with Gasteiger partial charge in [-0.1, -0.05) is 61.7 Å². The van der Waals surface area contributed by atoms with Crippen LogP contribution in [0.2, 0.25) is 0 Å². The Bertz CT molecular complexity index is 849. The molecule has 0 saturated heterocycles. The van der Waals surface area contributed by atoms with Crippen LogP contribution in [-0.4, -0.2) is 30.7 Å². The summed E-state index contributed by atoms with van der Waals surface area (Å²) >= 11 is 0. The molecule has 0 unspecified atom stereocenters. The number of aliphatic hydroxyl groups excluding tert-OH is 1. The maximum absolute atomic E-state index is 15.1. The van der Waals surface area contributed by atoms with Crippen molar-refractivity contribution in [3.8, 4) is 0 Å². The number of anilines is 1. The highest BCUT2D eigenvalue weighted by molar-refractivity contribution is 6.09. The summed E-state index contributed by atoms with van der Waals surface area (Å²) in [5.41, 5.74) is 1.27. The van der Waals surface area contributed by atoms with E-state index in [9.17, 15) is 9.90 Å². The number of nitrogens with one attached hydrogen (secondary N) is 1. The van der Waals surface area contributed by atoms with Crippen molar-refractivity contribution in [2.45, 2.75) is 49.7 Å². The number of hydrogen-bond acceptors (Lipinski definition) is 3. The molecule has 1 saturated carbocycles. The molecule has 1 heterocycles. The second kappa shape index (κ2) is 7.64. The number of benzene rings is 2. The molecule has 1 amide bonds. The van der Waals surface area contributed by atoms with E-state index in [2.05, 4.69) is 5.32 Å². The van der Waals surface area contributed by atoms with Crippen LogP contribution in [0.4, 0.5) is 10.1 Å². The van der Waals surface area contributed by atoms with Crippen LogP contribution in [-0.2, 0) is 10.2 Å². The van der Waals surface area contributed by atoms with Crippen molar-refractivity contribution < 1.29 is 14.3 Å². The fourth-order valence-corrected chi connectivity index (χ4v) is 5.01. The minimum absolute atomic E-state index is 0.0729. The molecule has 2 N–H and O–H groups in total. The van der Waals surface area contributed by atoms with E-state index >= 15 is 4.39 Å². The second-order valence-corrected chi connectivity index (χ2v) is 7.93. The maximum Gasteiger partial charge on any atom is 0.238 e. The van der Waals surface area contributed by atoms with Crippen LogP contribution in [0.5, 0.6) is 0 Å². The summed E-state index contributed by atoms with van der Waals surface area (Å²) < 4.78 is 15.1. The van der Waals surface area contributed by atoms with Crippen LogP contribution in [0.25, 0.3) is 0 Å². The number of carbonyl (C=O) groups excluding carboxylic acids is 1. The van der Waals surface area contributed by atoms with Crippen molar-refractivity contribution in [3.63, 3.8) is 0 Å². The highest BCUT2D eigenvalue weighted by atomic mass is 19.1. The number of halogens is 1. The summed E-state index contributed by atoms with van der Waals surface area (Å²) in [6.07, 6.45) is 3.65. The number of rotatable bonds is 5.